The average molecular weight is 337 g/mol. The van der Waals surface area contributed by atoms with E-state index in [1.54, 1.807) is 24.4 Å². The highest BCUT2D eigenvalue weighted by atomic mass is 19.1. The summed E-state index contributed by atoms with van der Waals surface area (Å²) in [6.07, 6.45) is 3.27. The number of rotatable bonds is 2. The molecule has 0 unspecified atom stereocenters. The number of nitriles is 1. The van der Waals surface area contributed by atoms with Crippen LogP contribution in [0.1, 0.15) is 43.5 Å². The van der Waals surface area contributed by atoms with Gasteiger partial charge in [-0.3, -0.25) is 5.84 Å². The van der Waals surface area contributed by atoms with Gasteiger partial charge in [-0.2, -0.15) is 5.26 Å². The van der Waals surface area contributed by atoms with Crippen molar-refractivity contribution in [3.63, 3.8) is 0 Å². The second-order valence-corrected chi connectivity index (χ2v) is 6.78. The van der Waals surface area contributed by atoms with E-state index in [0.29, 0.717) is 16.8 Å². The second-order valence-electron chi connectivity index (χ2n) is 6.78. The highest BCUT2D eigenvalue weighted by Crippen LogP contribution is 2.48. The van der Waals surface area contributed by atoms with Crippen LogP contribution in [-0.4, -0.2) is 4.98 Å². The van der Waals surface area contributed by atoms with Crippen LogP contribution in [0.25, 0.3) is 16.7 Å². The van der Waals surface area contributed by atoms with Gasteiger partial charge >= 0.3 is 0 Å². The number of allylic oxidation sites excluding steroid dienone is 1. The summed E-state index contributed by atoms with van der Waals surface area (Å²) < 4.78 is 14.6. The molecule has 6 heteroatoms. The third-order valence-electron chi connectivity index (χ3n) is 4.74. The van der Waals surface area contributed by atoms with Crippen LogP contribution < -0.4 is 17.0 Å². The summed E-state index contributed by atoms with van der Waals surface area (Å²) in [5.41, 5.74) is 11.8. The number of pyridine rings is 1. The van der Waals surface area contributed by atoms with Crippen molar-refractivity contribution in [3.05, 3.63) is 53.1 Å². The average Bonchev–Trinajstić information content (AvgIpc) is 2.57. The Morgan fingerprint density at radius 3 is 2.72 bits per heavy atom. The summed E-state index contributed by atoms with van der Waals surface area (Å²) in [6, 6.07) is 8.53. The van der Waals surface area contributed by atoms with Gasteiger partial charge in [0.25, 0.3) is 0 Å². The molecule has 25 heavy (non-hydrogen) atoms. The van der Waals surface area contributed by atoms with Crippen molar-refractivity contribution in [1.29, 1.82) is 5.26 Å². The smallest absolute Gasteiger partial charge is 0.142 e. The number of fused-ring (bicyclic) bond motifs is 1. The van der Waals surface area contributed by atoms with Crippen LogP contribution in [-0.2, 0) is 5.41 Å². The van der Waals surface area contributed by atoms with Crippen LogP contribution >= 0.6 is 0 Å². The van der Waals surface area contributed by atoms with Gasteiger partial charge < -0.3 is 11.2 Å². The molecule has 1 aliphatic carbocycles. The maximum atomic E-state index is 14.6. The Morgan fingerprint density at radius 1 is 1.36 bits per heavy atom. The molecule has 0 radical (unpaired) electrons. The second kappa shape index (κ2) is 6.19. The number of benzene rings is 1. The standard InChI is InChI=1S/C19H20FN5/c1-19(2)8-7-11(10-24-23)17-16(19)15(13(9-21)18(22)25-17)12-5-3-4-6-14(12)20/h3-6,10,24H,7-8,23H2,1-2H3,(H2,22,25)/b11-10+. The number of nitrogens with zero attached hydrogens (tertiary/aromatic N) is 2. The van der Waals surface area contributed by atoms with Crippen LogP contribution in [0.3, 0.4) is 0 Å². The first-order valence-corrected chi connectivity index (χ1v) is 8.05. The number of hydrazine groups is 1. The van der Waals surface area contributed by atoms with Crippen molar-refractivity contribution in [2.24, 2.45) is 5.84 Å². The summed E-state index contributed by atoms with van der Waals surface area (Å²) >= 11 is 0. The molecule has 1 heterocycles. The summed E-state index contributed by atoms with van der Waals surface area (Å²) in [5.74, 6) is 5.16. The van der Waals surface area contributed by atoms with E-state index in [4.69, 9.17) is 11.6 Å². The molecule has 2 aromatic rings. The van der Waals surface area contributed by atoms with Crippen LogP contribution in [0, 0.1) is 17.1 Å². The van der Waals surface area contributed by atoms with Crippen molar-refractivity contribution >= 4 is 11.4 Å². The zero-order valence-corrected chi connectivity index (χ0v) is 14.2. The van der Waals surface area contributed by atoms with Gasteiger partial charge in [-0.15, -0.1) is 0 Å². The zero-order chi connectivity index (χ0) is 18.2. The minimum Gasteiger partial charge on any atom is -0.383 e. The molecule has 1 aliphatic rings. The number of nitrogens with two attached hydrogens (primary N) is 2. The highest BCUT2D eigenvalue weighted by molar-refractivity contribution is 5.85. The normalized spacial score (nSPS) is 17.0. The molecule has 5 nitrogen and oxygen atoms in total. The summed E-state index contributed by atoms with van der Waals surface area (Å²) in [6.45, 7) is 4.14. The molecule has 0 amide bonds. The van der Waals surface area contributed by atoms with E-state index in [9.17, 15) is 9.65 Å². The first-order chi connectivity index (χ1) is 11.9. The van der Waals surface area contributed by atoms with E-state index in [1.807, 2.05) is 0 Å². The van der Waals surface area contributed by atoms with Gasteiger partial charge in [-0.25, -0.2) is 9.37 Å². The fourth-order valence-electron chi connectivity index (χ4n) is 3.47. The summed E-state index contributed by atoms with van der Waals surface area (Å²) in [4.78, 5) is 4.46. The highest BCUT2D eigenvalue weighted by Gasteiger charge is 2.36. The first-order valence-electron chi connectivity index (χ1n) is 8.05. The van der Waals surface area contributed by atoms with Crippen LogP contribution in [0.5, 0.6) is 0 Å². The lowest BCUT2D eigenvalue weighted by molar-refractivity contribution is 0.472. The number of hydrogen-bond acceptors (Lipinski definition) is 5. The number of nitrogen functional groups attached to an aromatic ring is 1. The van der Waals surface area contributed by atoms with Gasteiger partial charge in [-0.05, 0) is 35.5 Å². The molecule has 0 atom stereocenters. The summed E-state index contributed by atoms with van der Waals surface area (Å²) in [5, 5.41) is 9.65. The van der Waals surface area contributed by atoms with Crippen molar-refractivity contribution < 1.29 is 4.39 Å². The third kappa shape index (κ3) is 2.73. The van der Waals surface area contributed by atoms with Crippen molar-refractivity contribution in [1.82, 2.24) is 10.4 Å². The Balaban J connectivity index is 2.48. The Morgan fingerprint density at radius 2 is 2.08 bits per heavy atom. The Labute approximate surface area is 146 Å². The predicted octanol–water partition coefficient (Wildman–Crippen LogP) is 3.22. The fourth-order valence-corrected chi connectivity index (χ4v) is 3.47. The quantitative estimate of drug-likeness (QED) is 0.577. The lowest BCUT2D eigenvalue weighted by atomic mass is 9.69. The van der Waals surface area contributed by atoms with E-state index in [1.165, 1.54) is 6.07 Å². The fraction of sp³-hybridized carbons (Fsp3) is 0.263. The molecule has 3 rings (SSSR count). The zero-order valence-electron chi connectivity index (χ0n) is 14.2. The Hall–Kier alpha value is -2.91. The molecule has 0 saturated heterocycles. The predicted molar refractivity (Wildman–Crippen MR) is 96.3 cm³/mol. The number of hydrogen-bond donors (Lipinski definition) is 3. The molecular formula is C19H20FN5. The molecule has 0 fully saturated rings. The first kappa shape index (κ1) is 16.9. The molecule has 5 N–H and O–H groups in total. The number of aromatic nitrogens is 1. The SMILES string of the molecule is CC1(C)CC/C(=C\NN)c2nc(N)c(C#N)c(-c3ccccc3F)c21. The molecule has 0 saturated carbocycles. The largest absolute Gasteiger partial charge is 0.383 e. The number of halogens is 1. The van der Waals surface area contributed by atoms with E-state index in [2.05, 4.69) is 30.3 Å². The molecule has 0 spiro atoms. The minimum atomic E-state index is -0.393. The van der Waals surface area contributed by atoms with E-state index >= 15 is 0 Å². The number of nitrogens with one attached hydrogen (secondary N) is 1. The van der Waals surface area contributed by atoms with E-state index < -0.39 is 5.82 Å². The molecule has 1 aromatic carbocycles. The van der Waals surface area contributed by atoms with Gasteiger partial charge in [0, 0.05) is 17.3 Å². The van der Waals surface area contributed by atoms with Gasteiger partial charge in [0.15, 0.2) is 0 Å². The van der Waals surface area contributed by atoms with Gasteiger partial charge in [0.2, 0.25) is 0 Å². The lowest BCUT2D eigenvalue weighted by Crippen LogP contribution is -2.28. The van der Waals surface area contributed by atoms with E-state index in [0.717, 1.165) is 24.0 Å². The van der Waals surface area contributed by atoms with Crippen molar-refractivity contribution in [2.75, 3.05) is 5.73 Å². The van der Waals surface area contributed by atoms with Crippen molar-refractivity contribution in [2.45, 2.75) is 32.1 Å². The Bertz CT molecular complexity index is 909. The topological polar surface area (TPSA) is 101 Å². The van der Waals surface area contributed by atoms with Gasteiger partial charge in [0.05, 0.1) is 5.69 Å². The summed E-state index contributed by atoms with van der Waals surface area (Å²) in [7, 11) is 0. The molecule has 0 aliphatic heterocycles. The molecular weight excluding hydrogens is 317 g/mol. The molecule has 0 bridgehead atoms. The maximum Gasteiger partial charge on any atom is 0.142 e. The van der Waals surface area contributed by atoms with Crippen LogP contribution in [0.4, 0.5) is 10.2 Å². The van der Waals surface area contributed by atoms with Gasteiger partial charge in [0.1, 0.15) is 23.3 Å². The van der Waals surface area contributed by atoms with Gasteiger partial charge in [-0.1, -0.05) is 32.0 Å². The molecule has 128 valence electrons. The maximum absolute atomic E-state index is 14.6. The van der Waals surface area contributed by atoms with Crippen LogP contribution in [0.2, 0.25) is 0 Å². The van der Waals surface area contributed by atoms with Crippen LogP contribution in [0.15, 0.2) is 30.5 Å². The van der Waals surface area contributed by atoms with Crippen molar-refractivity contribution in [3.8, 4) is 17.2 Å². The monoisotopic (exact) mass is 337 g/mol. The number of anilines is 1. The third-order valence-corrected chi connectivity index (χ3v) is 4.74. The minimum absolute atomic E-state index is 0.0973. The Kier molecular flexibility index (Phi) is 4.19. The lowest BCUT2D eigenvalue weighted by Gasteiger charge is -2.36. The molecule has 1 aromatic heterocycles. The van der Waals surface area contributed by atoms with E-state index in [-0.39, 0.29) is 16.8 Å².